The van der Waals surface area contributed by atoms with Crippen LogP contribution in [0.25, 0.3) is 10.2 Å². The highest BCUT2D eigenvalue weighted by Gasteiger charge is 2.21. The standard InChI is InChI=1S/C24H25N3O2S/c1-18-21-15-22(30-24(21)27(25-18)17-20-11-7-4-8-12-20)23(28)26(13-14-29-2)16-19-9-5-3-6-10-19/h3-12,15H,13-14,16-17H2,1-2H3. The number of aromatic nitrogens is 2. The molecule has 0 unspecified atom stereocenters. The van der Waals surface area contributed by atoms with E-state index in [0.717, 1.165) is 26.4 Å². The van der Waals surface area contributed by atoms with Crippen LogP contribution < -0.4 is 0 Å². The van der Waals surface area contributed by atoms with Crippen molar-refractivity contribution >= 4 is 27.5 Å². The first kappa shape index (κ1) is 20.3. The van der Waals surface area contributed by atoms with Crippen molar-refractivity contribution in [2.24, 2.45) is 0 Å². The molecular weight excluding hydrogens is 394 g/mol. The highest BCUT2D eigenvalue weighted by molar-refractivity contribution is 7.20. The number of hydrogen-bond acceptors (Lipinski definition) is 4. The van der Waals surface area contributed by atoms with Crippen LogP contribution in [0.4, 0.5) is 0 Å². The minimum atomic E-state index is 0.0303. The largest absolute Gasteiger partial charge is 0.383 e. The molecule has 2 heterocycles. The lowest BCUT2D eigenvalue weighted by molar-refractivity contribution is 0.0685. The van der Waals surface area contributed by atoms with E-state index in [-0.39, 0.29) is 5.91 Å². The van der Waals surface area contributed by atoms with E-state index in [9.17, 15) is 4.79 Å². The van der Waals surface area contributed by atoms with Gasteiger partial charge >= 0.3 is 0 Å². The summed E-state index contributed by atoms with van der Waals surface area (Å²) in [7, 11) is 1.66. The second kappa shape index (κ2) is 9.24. The number of hydrogen-bond donors (Lipinski definition) is 0. The summed E-state index contributed by atoms with van der Waals surface area (Å²) in [5.41, 5.74) is 3.24. The molecule has 0 fully saturated rings. The maximum Gasteiger partial charge on any atom is 0.264 e. The van der Waals surface area contributed by atoms with Gasteiger partial charge in [0.25, 0.3) is 5.91 Å². The van der Waals surface area contributed by atoms with Crippen LogP contribution in [0.15, 0.2) is 66.7 Å². The third-order valence-electron chi connectivity index (χ3n) is 5.06. The molecule has 6 heteroatoms. The molecular formula is C24H25N3O2S. The SMILES string of the molecule is COCCN(Cc1ccccc1)C(=O)c1cc2c(C)nn(Cc3ccccc3)c2s1. The molecule has 2 aromatic carbocycles. The molecule has 0 aliphatic carbocycles. The second-order valence-electron chi connectivity index (χ2n) is 7.26. The lowest BCUT2D eigenvalue weighted by Gasteiger charge is -2.22. The van der Waals surface area contributed by atoms with Gasteiger partial charge in [-0.05, 0) is 24.1 Å². The summed E-state index contributed by atoms with van der Waals surface area (Å²) >= 11 is 1.51. The fourth-order valence-corrected chi connectivity index (χ4v) is 4.62. The predicted octanol–water partition coefficient (Wildman–Crippen LogP) is 4.74. The van der Waals surface area contributed by atoms with E-state index in [0.29, 0.717) is 26.2 Å². The molecule has 0 spiro atoms. The molecule has 0 N–H and O–H groups in total. The molecule has 0 atom stereocenters. The Balaban J connectivity index is 1.61. The molecule has 4 aromatic rings. The number of fused-ring (bicyclic) bond motifs is 1. The molecule has 154 valence electrons. The van der Waals surface area contributed by atoms with Crippen LogP contribution in [0.5, 0.6) is 0 Å². The van der Waals surface area contributed by atoms with Crippen molar-refractivity contribution in [3.05, 3.63) is 88.4 Å². The van der Waals surface area contributed by atoms with E-state index in [1.165, 1.54) is 16.9 Å². The molecule has 0 radical (unpaired) electrons. The number of carbonyl (C=O) groups excluding carboxylic acids is 1. The Morgan fingerprint density at radius 3 is 2.40 bits per heavy atom. The van der Waals surface area contributed by atoms with Crippen LogP contribution in [-0.4, -0.2) is 40.8 Å². The van der Waals surface area contributed by atoms with Crippen LogP contribution >= 0.6 is 11.3 Å². The van der Waals surface area contributed by atoms with Gasteiger partial charge in [-0.2, -0.15) is 5.10 Å². The molecule has 5 nitrogen and oxygen atoms in total. The summed E-state index contributed by atoms with van der Waals surface area (Å²) in [6.07, 6.45) is 0. The first-order valence-electron chi connectivity index (χ1n) is 9.98. The van der Waals surface area contributed by atoms with E-state index in [1.807, 2.05) is 71.1 Å². The number of ether oxygens (including phenoxy) is 1. The van der Waals surface area contributed by atoms with Crippen molar-refractivity contribution in [3.8, 4) is 0 Å². The van der Waals surface area contributed by atoms with Gasteiger partial charge in [0.05, 0.1) is 23.7 Å². The number of amides is 1. The van der Waals surface area contributed by atoms with Crippen LogP contribution in [0.1, 0.15) is 26.5 Å². The molecule has 0 saturated heterocycles. The molecule has 0 bridgehead atoms. The van der Waals surface area contributed by atoms with Crippen LogP contribution in [0, 0.1) is 6.92 Å². The van der Waals surface area contributed by atoms with Crippen molar-refractivity contribution in [2.45, 2.75) is 20.0 Å². The van der Waals surface area contributed by atoms with Crippen molar-refractivity contribution < 1.29 is 9.53 Å². The summed E-state index contributed by atoms with van der Waals surface area (Å²) < 4.78 is 7.24. The fourth-order valence-electron chi connectivity index (χ4n) is 3.50. The van der Waals surface area contributed by atoms with Crippen LogP contribution in [0.2, 0.25) is 0 Å². The summed E-state index contributed by atoms with van der Waals surface area (Å²) in [6.45, 7) is 4.30. The zero-order valence-electron chi connectivity index (χ0n) is 17.2. The Bertz CT molecular complexity index is 1120. The van der Waals surface area contributed by atoms with E-state index in [1.54, 1.807) is 7.11 Å². The minimum Gasteiger partial charge on any atom is -0.383 e. The number of methoxy groups -OCH3 is 1. The Labute approximate surface area is 180 Å². The summed E-state index contributed by atoms with van der Waals surface area (Å²) in [4.78, 5) is 17.0. The normalized spacial score (nSPS) is 11.1. The smallest absolute Gasteiger partial charge is 0.264 e. The third-order valence-corrected chi connectivity index (χ3v) is 6.20. The van der Waals surface area contributed by atoms with Gasteiger partial charge in [0.1, 0.15) is 4.83 Å². The molecule has 0 saturated carbocycles. The number of rotatable bonds is 8. The summed E-state index contributed by atoms with van der Waals surface area (Å²) in [6, 6.07) is 22.3. The van der Waals surface area contributed by atoms with Gasteiger partial charge in [0.2, 0.25) is 0 Å². The summed E-state index contributed by atoms with van der Waals surface area (Å²) in [5, 5.41) is 5.74. The molecule has 1 amide bonds. The minimum absolute atomic E-state index is 0.0303. The monoisotopic (exact) mass is 419 g/mol. The summed E-state index contributed by atoms with van der Waals surface area (Å²) in [5.74, 6) is 0.0303. The van der Waals surface area contributed by atoms with Gasteiger partial charge in [0.15, 0.2) is 0 Å². The highest BCUT2D eigenvalue weighted by atomic mass is 32.1. The van der Waals surface area contributed by atoms with Crippen molar-refractivity contribution in [2.75, 3.05) is 20.3 Å². The Morgan fingerprint density at radius 2 is 1.73 bits per heavy atom. The number of carbonyl (C=O) groups is 1. The van der Waals surface area contributed by atoms with Crippen molar-refractivity contribution in [3.63, 3.8) is 0 Å². The number of thiophene rings is 1. The molecule has 0 aliphatic heterocycles. The quantitative estimate of drug-likeness (QED) is 0.414. The average molecular weight is 420 g/mol. The second-order valence-corrected chi connectivity index (χ2v) is 8.29. The van der Waals surface area contributed by atoms with Crippen molar-refractivity contribution in [1.29, 1.82) is 0 Å². The van der Waals surface area contributed by atoms with Gasteiger partial charge in [-0.25, -0.2) is 0 Å². The topological polar surface area (TPSA) is 47.4 Å². The lowest BCUT2D eigenvalue weighted by Crippen LogP contribution is -2.33. The first-order chi connectivity index (χ1) is 14.7. The van der Waals surface area contributed by atoms with E-state index < -0.39 is 0 Å². The van der Waals surface area contributed by atoms with Crippen LogP contribution in [-0.2, 0) is 17.8 Å². The molecule has 30 heavy (non-hydrogen) atoms. The van der Waals surface area contributed by atoms with Gasteiger partial charge < -0.3 is 9.64 Å². The zero-order valence-corrected chi connectivity index (χ0v) is 18.1. The molecule has 4 rings (SSSR count). The highest BCUT2D eigenvalue weighted by Crippen LogP contribution is 2.30. The third kappa shape index (κ3) is 4.45. The first-order valence-corrected chi connectivity index (χ1v) is 10.8. The molecule has 0 aliphatic rings. The fraction of sp³-hybridized carbons (Fsp3) is 0.250. The van der Waals surface area contributed by atoms with Gasteiger partial charge in [-0.1, -0.05) is 60.7 Å². The van der Waals surface area contributed by atoms with E-state index in [4.69, 9.17) is 4.74 Å². The van der Waals surface area contributed by atoms with Gasteiger partial charge in [-0.3, -0.25) is 9.48 Å². The van der Waals surface area contributed by atoms with Gasteiger partial charge in [-0.15, -0.1) is 11.3 Å². The van der Waals surface area contributed by atoms with Crippen molar-refractivity contribution in [1.82, 2.24) is 14.7 Å². The number of benzene rings is 2. The predicted molar refractivity (Wildman–Crippen MR) is 121 cm³/mol. The van der Waals surface area contributed by atoms with Gasteiger partial charge in [0, 0.05) is 25.6 Å². The lowest BCUT2D eigenvalue weighted by atomic mass is 10.2. The van der Waals surface area contributed by atoms with E-state index in [2.05, 4.69) is 17.2 Å². The van der Waals surface area contributed by atoms with E-state index >= 15 is 0 Å². The number of aryl methyl sites for hydroxylation is 1. The Morgan fingerprint density at radius 1 is 1.07 bits per heavy atom. The zero-order chi connectivity index (χ0) is 20.9. The Kier molecular flexibility index (Phi) is 6.26. The average Bonchev–Trinajstić information content (AvgIpc) is 3.33. The maximum atomic E-state index is 13.4. The Hall–Kier alpha value is -2.96. The maximum absolute atomic E-state index is 13.4. The molecule has 2 aromatic heterocycles. The number of nitrogens with zero attached hydrogens (tertiary/aromatic N) is 3. The van der Waals surface area contributed by atoms with Crippen LogP contribution in [0.3, 0.4) is 0 Å².